The van der Waals surface area contributed by atoms with Crippen LogP contribution in [0.5, 0.6) is 11.5 Å². The fourth-order valence-corrected chi connectivity index (χ4v) is 1.86. The summed E-state index contributed by atoms with van der Waals surface area (Å²) in [6, 6.07) is 4.12. The Hall–Kier alpha value is -0.930. The van der Waals surface area contributed by atoms with Gasteiger partial charge in [0.2, 0.25) is 0 Å². The van der Waals surface area contributed by atoms with Crippen LogP contribution in [0.4, 0.5) is 0 Å². The Morgan fingerprint density at radius 3 is 2.42 bits per heavy atom. The summed E-state index contributed by atoms with van der Waals surface area (Å²) < 4.78 is 11.3. The van der Waals surface area contributed by atoms with Crippen LogP contribution in [0.2, 0.25) is 5.02 Å². The summed E-state index contributed by atoms with van der Waals surface area (Å²) in [6.45, 7) is 9.82. The summed E-state index contributed by atoms with van der Waals surface area (Å²) in [6.07, 6.45) is 0. The number of benzene rings is 1. The van der Waals surface area contributed by atoms with Crippen LogP contribution in [0.25, 0.3) is 0 Å². The van der Waals surface area contributed by atoms with E-state index in [-0.39, 0.29) is 0 Å². The summed E-state index contributed by atoms with van der Waals surface area (Å²) in [5, 5.41) is 4.04. The molecule has 1 rings (SSSR count). The van der Waals surface area contributed by atoms with Crippen molar-refractivity contribution in [3.63, 3.8) is 0 Å². The van der Waals surface area contributed by atoms with Crippen LogP contribution in [0.1, 0.15) is 33.3 Å². The van der Waals surface area contributed by atoms with E-state index in [1.165, 1.54) is 0 Å². The molecule has 1 N–H and O–H groups in total. The minimum absolute atomic E-state index is 0.405. The van der Waals surface area contributed by atoms with E-state index >= 15 is 0 Å². The number of halogens is 1. The minimum Gasteiger partial charge on any atom is -0.493 e. The van der Waals surface area contributed by atoms with Gasteiger partial charge in [0.05, 0.1) is 13.7 Å². The third kappa shape index (κ3) is 5.29. The van der Waals surface area contributed by atoms with Crippen LogP contribution in [-0.2, 0) is 6.54 Å². The summed E-state index contributed by atoms with van der Waals surface area (Å²) >= 11 is 6.12. The molecule has 0 saturated carbocycles. The second kappa shape index (κ2) is 7.61. The maximum Gasteiger partial charge on any atom is 0.165 e. The Bertz CT molecular complexity index is 405. The molecular formula is C15H24ClNO2. The first-order chi connectivity index (χ1) is 8.93. The van der Waals surface area contributed by atoms with Crippen LogP contribution in [0.3, 0.4) is 0 Å². The first-order valence-electron chi connectivity index (χ1n) is 6.66. The normalized spacial score (nSPS) is 11.2. The molecule has 1 aromatic carbocycles. The van der Waals surface area contributed by atoms with E-state index in [2.05, 4.69) is 33.0 Å². The Balaban J connectivity index is 2.99. The van der Waals surface area contributed by atoms with E-state index in [4.69, 9.17) is 21.1 Å². The van der Waals surface area contributed by atoms with E-state index in [0.29, 0.717) is 35.9 Å². The van der Waals surface area contributed by atoms with Crippen molar-refractivity contribution in [1.82, 2.24) is 5.32 Å². The lowest BCUT2D eigenvalue weighted by atomic mass is 10.1. The molecule has 0 aliphatic rings. The van der Waals surface area contributed by atoms with Gasteiger partial charge in [-0.2, -0.15) is 0 Å². The van der Waals surface area contributed by atoms with Crippen molar-refractivity contribution in [3.05, 3.63) is 22.7 Å². The smallest absolute Gasteiger partial charge is 0.165 e. The second-order valence-corrected chi connectivity index (χ2v) is 5.77. The Kier molecular flexibility index (Phi) is 6.46. The SMILES string of the molecule is COc1cc(Cl)cc(CNC(C)C)c1OCC(C)C. The molecule has 0 radical (unpaired) electrons. The van der Waals surface area contributed by atoms with Crippen LogP contribution in [-0.4, -0.2) is 19.8 Å². The number of hydrogen-bond donors (Lipinski definition) is 1. The van der Waals surface area contributed by atoms with Crippen molar-refractivity contribution in [1.29, 1.82) is 0 Å². The molecule has 0 aromatic heterocycles. The zero-order valence-corrected chi connectivity index (χ0v) is 13.2. The highest BCUT2D eigenvalue weighted by molar-refractivity contribution is 6.30. The van der Waals surface area contributed by atoms with E-state index in [9.17, 15) is 0 Å². The molecule has 0 unspecified atom stereocenters. The molecule has 3 nitrogen and oxygen atoms in total. The summed E-state index contributed by atoms with van der Waals surface area (Å²) in [4.78, 5) is 0. The zero-order valence-electron chi connectivity index (χ0n) is 12.4. The average Bonchev–Trinajstić information content (AvgIpc) is 2.33. The maximum absolute atomic E-state index is 6.12. The summed E-state index contributed by atoms with van der Waals surface area (Å²) in [5.74, 6) is 1.94. The van der Waals surface area contributed by atoms with Gasteiger partial charge in [-0.05, 0) is 12.0 Å². The van der Waals surface area contributed by atoms with Gasteiger partial charge in [0, 0.05) is 29.2 Å². The lowest BCUT2D eigenvalue weighted by molar-refractivity contribution is 0.253. The lowest BCUT2D eigenvalue weighted by Crippen LogP contribution is -2.22. The van der Waals surface area contributed by atoms with Gasteiger partial charge in [0.1, 0.15) is 0 Å². The van der Waals surface area contributed by atoms with Gasteiger partial charge in [-0.25, -0.2) is 0 Å². The van der Waals surface area contributed by atoms with E-state index in [1.54, 1.807) is 13.2 Å². The predicted molar refractivity (Wildman–Crippen MR) is 80.3 cm³/mol. The molecule has 108 valence electrons. The summed E-state index contributed by atoms with van der Waals surface area (Å²) in [7, 11) is 1.63. The van der Waals surface area contributed by atoms with E-state index in [1.807, 2.05) is 6.07 Å². The third-order valence-corrected chi connectivity index (χ3v) is 2.80. The molecular weight excluding hydrogens is 262 g/mol. The van der Waals surface area contributed by atoms with Gasteiger partial charge in [-0.1, -0.05) is 39.3 Å². The number of nitrogens with one attached hydrogen (secondary N) is 1. The minimum atomic E-state index is 0.405. The molecule has 0 heterocycles. The lowest BCUT2D eigenvalue weighted by Gasteiger charge is -2.18. The van der Waals surface area contributed by atoms with Crippen molar-refractivity contribution >= 4 is 11.6 Å². The maximum atomic E-state index is 6.12. The Labute approximate surface area is 121 Å². The number of ether oxygens (including phenoxy) is 2. The highest BCUT2D eigenvalue weighted by atomic mass is 35.5. The predicted octanol–water partition coefficient (Wildman–Crippen LogP) is 3.88. The van der Waals surface area contributed by atoms with Gasteiger partial charge < -0.3 is 14.8 Å². The molecule has 19 heavy (non-hydrogen) atoms. The molecule has 0 atom stereocenters. The van der Waals surface area contributed by atoms with Gasteiger partial charge in [0.25, 0.3) is 0 Å². The standard InChI is InChI=1S/C15H24ClNO2/c1-10(2)9-19-15-12(8-17-11(3)4)6-13(16)7-14(15)18-5/h6-7,10-11,17H,8-9H2,1-5H3. The van der Waals surface area contributed by atoms with Crippen LogP contribution in [0, 0.1) is 5.92 Å². The second-order valence-electron chi connectivity index (χ2n) is 5.34. The molecule has 0 bridgehead atoms. The molecule has 4 heteroatoms. The quantitative estimate of drug-likeness (QED) is 0.825. The first-order valence-corrected chi connectivity index (χ1v) is 7.04. The Morgan fingerprint density at radius 2 is 1.89 bits per heavy atom. The Morgan fingerprint density at radius 1 is 1.21 bits per heavy atom. The number of methoxy groups -OCH3 is 1. The van der Waals surface area contributed by atoms with Gasteiger partial charge in [0.15, 0.2) is 11.5 Å². The number of hydrogen-bond acceptors (Lipinski definition) is 3. The fraction of sp³-hybridized carbons (Fsp3) is 0.600. The molecule has 0 spiro atoms. The largest absolute Gasteiger partial charge is 0.493 e. The van der Waals surface area contributed by atoms with Gasteiger partial charge in [-0.3, -0.25) is 0 Å². The van der Waals surface area contributed by atoms with Gasteiger partial charge >= 0.3 is 0 Å². The molecule has 0 saturated heterocycles. The zero-order chi connectivity index (χ0) is 14.4. The van der Waals surface area contributed by atoms with Crippen molar-refractivity contribution in [2.45, 2.75) is 40.3 Å². The molecule has 0 aliphatic carbocycles. The van der Waals surface area contributed by atoms with Crippen molar-refractivity contribution in [2.24, 2.45) is 5.92 Å². The highest BCUT2D eigenvalue weighted by Crippen LogP contribution is 2.35. The average molecular weight is 286 g/mol. The van der Waals surface area contributed by atoms with E-state index in [0.717, 1.165) is 11.3 Å². The van der Waals surface area contributed by atoms with Crippen molar-refractivity contribution in [2.75, 3.05) is 13.7 Å². The van der Waals surface area contributed by atoms with Crippen LogP contribution in [0.15, 0.2) is 12.1 Å². The summed E-state index contributed by atoms with van der Waals surface area (Å²) in [5.41, 5.74) is 1.03. The monoisotopic (exact) mass is 285 g/mol. The molecule has 1 aromatic rings. The van der Waals surface area contributed by atoms with Crippen LogP contribution < -0.4 is 14.8 Å². The van der Waals surface area contributed by atoms with Crippen molar-refractivity contribution < 1.29 is 9.47 Å². The first kappa shape index (κ1) is 16.1. The molecule has 0 fully saturated rings. The van der Waals surface area contributed by atoms with Crippen molar-refractivity contribution in [3.8, 4) is 11.5 Å². The van der Waals surface area contributed by atoms with Crippen LogP contribution >= 0.6 is 11.6 Å². The van der Waals surface area contributed by atoms with E-state index < -0.39 is 0 Å². The molecule has 0 amide bonds. The highest BCUT2D eigenvalue weighted by Gasteiger charge is 2.13. The molecule has 0 aliphatic heterocycles. The fourth-order valence-electron chi connectivity index (χ4n) is 1.63. The topological polar surface area (TPSA) is 30.5 Å². The number of rotatable bonds is 7. The third-order valence-electron chi connectivity index (χ3n) is 2.58. The van der Waals surface area contributed by atoms with Gasteiger partial charge in [-0.15, -0.1) is 0 Å².